The number of aromatic nitrogens is 1. The van der Waals surface area contributed by atoms with Crippen molar-refractivity contribution in [3.8, 4) is 5.75 Å². The van der Waals surface area contributed by atoms with Crippen LogP contribution in [0.15, 0.2) is 71.5 Å². The predicted molar refractivity (Wildman–Crippen MR) is 166 cm³/mol. The van der Waals surface area contributed by atoms with E-state index in [-0.39, 0.29) is 10.6 Å². The molecule has 0 aliphatic rings. The standard InChI is InChI=1S/C27H31N3O3S.2C2HF3O2/c1-30(15-13-19-6-3-2-4-7-19)18-21-9-5-8-20(16-21)12-14-28-17-24(32)22-10-11-23(31)25-26(22)34-27(33)29-25;2*3-2(4,5)1(6)7/h2-11,16,24,28,31-32H,12-15,17-18H2,1H3,(H,29,33);2*(H,6,7)/t24-;;/m0../s1. The van der Waals surface area contributed by atoms with Gasteiger partial charge in [-0.3, -0.25) is 4.79 Å². The number of likely N-dealkylation sites (N-methyl/N-ethyl adjacent to an activating group) is 1. The van der Waals surface area contributed by atoms with Crippen LogP contribution in [-0.4, -0.2) is 81.3 Å². The van der Waals surface area contributed by atoms with Crippen LogP contribution < -0.4 is 10.2 Å². The van der Waals surface area contributed by atoms with Crippen LogP contribution in [0.1, 0.15) is 28.4 Å². The van der Waals surface area contributed by atoms with Gasteiger partial charge < -0.3 is 35.6 Å². The molecule has 1 atom stereocenters. The summed E-state index contributed by atoms with van der Waals surface area (Å²) in [7, 11) is 2.15. The van der Waals surface area contributed by atoms with Crippen LogP contribution in [0.4, 0.5) is 26.3 Å². The molecule has 262 valence electrons. The molecular formula is C31H33F6N3O7S. The number of alkyl halides is 6. The van der Waals surface area contributed by atoms with E-state index >= 15 is 0 Å². The van der Waals surface area contributed by atoms with E-state index in [2.05, 4.69) is 70.8 Å². The summed E-state index contributed by atoms with van der Waals surface area (Å²) in [6.45, 7) is 3.01. The smallest absolute Gasteiger partial charge is 0.490 e. The number of phenols is 1. The lowest BCUT2D eigenvalue weighted by Crippen LogP contribution is -2.24. The molecule has 4 rings (SSSR count). The van der Waals surface area contributed by atoms with Gasteiger partial charge in [0, 0.05) is 25.2 Å². The van der Waals surface area contributed by atoms with Crippen molar-refractivity contribution in [2.24, 2.45) is 0 Å². The number of rotatable bonds is 11. The molecule has 0 bridgehead atoms. The minimum absolute atomic E-state index is 0.0165. The van der Waals surface area contributed by atoms with Crippen molar-refractivity contribution in [1.29, 1.82) is 0 Å². The molecule has 17 heteroatoms. The molecule has 0 aliphatic carbocycles. The fourth-order valence-electron chi connectivity index (χ4n) is 4.12. The molecule has 0 amide bonds. The molecule has 0 saturated carbocycles. The Labute approximate surface area is 273 Å². The SMILES string of the molecule is CN(CCc1ccccc1)Cc1cccc(CCNC[C@H](O)c2ccc(O)c3[nH]c(=O)sc23)c1.O=C(O)C(F)(F)F.O=C(O)C(F)(F)F. The number of hydrogen-bond donors (Lipinski definition) is 6. The van der Waals surface area contributed by atoms with Crippen molar-refractivity contribution >= 4 is 33.5 Å². The number of aliphatic hydroxyl groups excluding tert-OH is 1. The summed E-state index contributed by atoms with van der Waals surface area (Å²) < 4.78 is 64.1. The van der Waals surface area contributed by atoms with Crippen molar-refractivity contribution in [3.63, 3.8) is 0 Å². The number of H-pyrrole nitrogens is 1. The molecule has 0 spiro atoms. The Hall–Kier alpha value is -4.45. The van der Waals surface area contributed by atoms with E-state index in [0.29, 0.717) is 22.3 Å². The number of aliphatic carboxylic acids is 2. The highest BCUT2D eigenvalue weighted by molar-refractivity contribution is 7.16. The molecular weight excluding hydrogens is 672 g/mol. The van der Waals surface area contributed by atoms with Crippen LogP contribution in [0.3, 0.4) is 0 Å². The third-order valence-electron chi connectivity index (χ3n) is 6.43. The first-order valence-corrected chi connectivity index (χ1v) is 14.8. The number of phenolic OH excluding ortho intramolecular Hbond substituents is 1. The van der Waals surface area contributed by atoms with Crippen LogP contribution in [0.5, 0.6) is 5.75 Å². The van der Waals surface area contributed by atoms with Crippen LogP contribution in [-0.2, 0) is 29.0 Å². The lowest BCUT2D eigenvalue weighted by Gasteiger charge is -2.17. The lowest BCUT2D eigenvalue weighted by atomic mass is 10.1. The van der Waals surface area contributed by atoms with E-state index in [4.69, 9.17) is 19.8 Å². The van der Waals surface area contributed by atoms with Gasteiger partial charge in [0.15, 0.2) is 0 Å². The maximum atomic E-state index is 11.7. The molecule has 0 saturated heterocycles. The average molecular weight is 706 g/mol. The number of halogens is 6. The number of nitrogens with zero attached hydrogens (tertiary/aromatic N) is 1. The molecule has 1 heterocycles. The first kappa shape index (κ1) is 39.7. The van der Waals surface area contributed by atoms with Gasteiger partial charge in [0.2, 0.25) is 0 Å². The van der Waals surface area contributed by atoms with Crippen molar-refractivity contribution in [2.45, 2.75) is 37.8 Å². The fraction of sp³-hybridized carbons (Fsp3) is 0.323. The second-order valence-electron chi connectivity index (χ2n) is 10.3. The quantitative estimate of drug-likeness (QED) is 0.0921. The van der Waals surface area contributed by atoms with Crippen molar-refractivity contribution in [1.82, 2.24) is 15.2 Å². The number of carboxylic acid groups (broad SMARTS) is 2. The van der Waals surface area contributed by atoms with Gasteiger partial charge in [-0.2, -0.15) is 26.3 Å². The zero-order valence-electron chi connectivity index (χ0n) is 25.3. The van der Waals surface area contributed by atoms with Gasteiger partial charge in [0.25, 0.3) is 0 Å². The maximum absolute atomic E-state index is 11.7. The Kier molecular flexibility index (Phi) is 15.1. The first-order valence-electron chi connectivity index (χ1n) is 14.0. The van der Waals surface area contributed by atoms with E-state index in [1.165, 1.54) is 22.8 Å². The minimum atomic E-state index is -5.08. The van der Waals surface area contributed by atoms with Crippen LogP contribution in [0.2, 0.25) is 0 Å². The number of fused-ring (bicyclic) bond motifs is 1. The highest BCUT2D eigenvalue weighted by Gasteiger charge is 2.38. The average Bonchev–Trinajstić information content (AvgIpc) is 3.41. The Morgan fingerprint density at radius 3 is 2.02 bits per heavy atom. The van der Waals surface area contributed by atoms with E-state index in [0.717, 1.165) is 43.8 Å². The first-order chi connectivity index (χ1) is 22.4. The Bertz CT molecular complexity index is 1650. The zero-order valence-corrected chi connectivity index (χ0v) is 26.1. The third-order valence-corrected chi connectivity index (χ3v) is 7.36. The Morgan fingerprint density at radius 2 is 1.44 bits per heavy atom. The predicted octanol–water partition coefficient (Wildman–Crippen LogP) is 5.10. The molecule has 3 aromatic carbocycles. The fourth-order valence-corrected chi connectivity index (χ4v) is 5.04. The van der Waals surface area contributed by atoms with Gasteiger partial charge in [-0.1, -0.05) is 72.0 Å². The van der Waals surface area contributed by atoms with E-state index in [1.807, 2.05) is 6.07 Å². The second-order valence-corrected chi connectivity index (χ2v) is 11.2. The minimum Gasteiger partial charge on any atom is -0.506 e. The van der Waals surface area contributed by atoms with Gasteiger partial charge in [0.1, 0.15) is 11.3 Å². The number of hydrogen-bond acceptors (Lipinski definition) is 8. The number of nitrogens with one attached hydrogen (secondary N) is 2. The summed E-state index contributed by atoms with van der Waals surface area (Å²) in [5.41, 5.74) is 4.94. The number of benzene rings is 3. The van der Waals surface area contributed by atoms with Gasteiger partial charge >= 0.3 is 29.2 Å². The molecule has 0 unspecified atom stereocenters. The van der Waals surface area contributed by atoms with Crippen molar-refractivity contribution < 1.29 is 56.4 Å². The molecule has 10 nitrogen and oxygen atoms in total. The van der Waals surface area contributed by atoms with Crippen molar-refractivity contribution in [3.05, 3.63) is 98.7 Å². The van der Waals surface area contributed by atoms with Gasteiger partial charge in [-0.15, -0.1) is 0 Å². The second kappa shape index (κ2) is 18.2. The van der Waals surface area contributed by atoms with E-state index < -0.39 is 30.4 Å². The highest BCUT2D eigenvalue weighted by atomic mass is 32.1. The largest absolute Gasteiger partial charge is 0.506 e. The number of carbonyl (C=O) groups is 2. The molecule has 48 heavy (non-hydrogen) atoms. The van der Waals surface area contributed by atoms with Crippen LogP contribution in [0.25, 0.3) is 10.2 Å². The Morgan fingerprint density at radius 1 is 0.875 bits per heavy atom. The van der Waals surface area contributed by atoms with E-state index in [9.17, 15) is 41.4 Å². The van der Waals surface area contributed by atoms with Gasteiger partial charge in [0.05, 0.1) is 10.8 Å². The number of aromatic amines is 1. The topological polar surface area (TPSA) is 163 Å². The number of aromatic hydroxyl groups is 1. The molecule has 4 aromatic rings. The molecule has 0 fully saturated rings. The summed E-state index contributed by atoms with van der Waals surface area (Å²) in [5, 5.41) is 38.1. The summed E-state index contributed by atoms with van der Waals surface area (Å²) in [6.07, 6.45) is -9.04. The number of aliphatic hydroxyl groups is 1. The molecule has 1 aromatic heterocycles. The maximum Gasteiger partial charge on any atom is 0.490 e. The highest BCUT2D eigenvalue weighted by Crippen LogP contribution is 2.31. The van der Waals surface area contributed by atoms with Crippen LogP contribution >= 0.6 is 11.3 Å². The van der Waals surface area contributed by atoms with Gasteiger partial charge in [-0.05, 0) is 49.2 Å². The van der Waals surface area contributed by atoms with E-state index in [1.54, 1.807) is 6.07 Å². The summed E-state index contributed by atoms with van der Waals surface area (Å²) in [6, 6.07) is 22.4. The van der Waals surface area contributed by atoms with Gasteiger partial charge in [-0.25, -0.2) is 9.59 Å². The zero-order chi connectivity index (χ0) is 36.1. The van der Waals surface area contributed by atoms with Crippen molar-refractivity contribution in [2.75, 3.05) is 26.7 Å². The summed E-state index contributed by atoms with van der Waals surface area (Å²) in [5.74, 6) is -5.50. The lowest BCUT2D eigenvalue weighted by molar-refractivity contribution is -0.193. The summed E-state index contributed by atoms with van der Waals surface area (Å²) >= 11 is 1.00. The number of thiazole rings is 1. The molecule has 6 N–H and O–H groups in total. The van der Waals surface area contributed by atoms with Crippen LogP contribution in [0, 0.1) is 0 Å². The Balaban J connectivity index is 0.000000479. The molecule has 0 aliphatic heterocycles. The normalized spacial score (nSPS) is 12.1. The molecule has 0 radical (unpaired) electrons. The number of carboxylic acids is 2. The monoisotopic (exact) mass is 705 g/mol. The summed E-state index contributed by atoms with van der Waals surface area (Å²) in [4.78, 5) is 34.2. The third kappa shape index (κ3) is 13.7.